The molecule has 3 N–H and O–H groups in total. The predicted octanol–water partition coefficient (Wildman–Crippen LogP) is 2.53. The predicted molar refractivity (Wildman–Crippen MR) is 159 cm³/mol. The SMILES string of the molecule is CN1NCc2c(N3CCOCC3)nc(Nc3cccc(OCCOCCN4C(=O)c5cc(C(=O)O)ccc5C4N=O)c3)nc21. The summed E-state index contributed by atoms with van der Waals surface area (Å²) in [4.78, 5) is 48.6. The van der Waals surface area contributed by atoms with Crippen molar-refractivity contribution in [1.82, 2.24) is 20.3 Å². The van der Waals surface area contributed by atoms with Crippen molar-refractivity contribution in [2.75, 3.05) is 74.9 Å². The molecule has 3 aliphatic rings. The number of nitrogens with one attached hydrogen (secondary N) is 2. The van der Waals surface area contributed by atoms with Crippen LogP contribution in [-0.2, 0) is 16.0 Å². The molecule has 1 amide bonds. The number of fused-ring (bicyclic) bond motifs is 2. The fourth-order valence-electron chi connectivity index (χ4n) is 5.41. The van der Waals surface area contributed by atoms with Crippen molar-refractivity contribution >= 4 is 35.1 Å². The smallest absolute Gasteiger partial charge is 0.335 e. The van der Waals surface area contributed by atoms with Crippen LogP contribution in [0.2, 0.25) is 0 Å². The van der Waals surface area contributed by atoms with Gasteiger partial charge in [0, 0.05) is 56.1 Å². The molecule has 0 spiro atoms. The van der Waals surface area contributed by atoms with Crippen LogP contribution in [0.1, 0.15) is 38.0 Å². The van der Waals surface area contributed by atoms with Gasteiger partial charge >= 0.3 is 5.97 Å². The molecule has 15 nitrogen and oxygen atoms in total. The van der Waals surface area contributed by atoms with Crippen molar-refractivity contribution in [2.45, 2.75) is 12.7 Å². The largest absolute Gasteiger partial charge is 0.491 e. The monoisotopic (exact) mass is 604 g/mol. The van der Waals surface area contributed by atoms with E-state index in [1.54, 1.807) is 0 Å². The Balaban J connectivity index is 1.01. The first-order chi connectivity index (χ1) is 21.4. The standard InChI is InChI=1S/C29H32N8O7/c1-35-24-23(17-30-35)25(36-7-10-42-11-8-36)33-29(32-24)31-19-3-2-4-20(16-19)44-14-13-43-12-9-37-26(34-41)21-6-5-18(28(39)40)15-22(21)27(37)38/h2-6,15-16,26,30H,7-14,17H2,1H3,(H,39,40)(H,31,32,33). The molecule has 6 rings (SSSR count). The summed E-state index contributed by atoms with van der Waals surface area (Å²) in [5.74, 6) is 1.21. The van der Waals surface area contributed by atoms with E-state index in [1.807, 2.05) is 36.3 Å². The number of aromatic nitrogens is 2. The van der Waals surface area contributed by atoms with E-state index in [4.69, 9.17) is 24.2 Å². The van der Waals surface area contributed by atoms with E-state index in [0.29, 0.717) is 37.0 Å². The van der Waals surface area contributed by atoms with E-state index in [1.165, 1.54) is 23.1 Å². The fraction of sp³-hybridized carbons (Fsp3) is 0.379. The minimum atomic E-state index is -1.15. The Bertz CT molecular complexity index is 1560. The van der Waals surface area contributed by atoms with Gasteiger partial charge in [-0.15, -0.1) is 4.91 Å². The number of amides is 1. The zero-order valence-corrected chi connectivity index (χ0v) is 24.1. The van der Waals surface area contributed by atoms with Crippen molar-refractivity contribution in [1.29, 1.82) is 0 Å². The molecule has 3 aliphatic heterocycles. The number of morpholine rings is 1. The quantitative estimate of drug-likeness (QED) is 0.204. The van der Waals surface area contributed by atoms with Crippen LogP contribution in [0.3, 0.4) is 0 Å². The summed E-state index contributed by atoms with van der Waals surface area (Å²) in [5.41, 5.74) is 5.63. The van der Waals surface area contributed by atoms with Gasteiger partial charge in [-0.2, -0.15) is 9.97 Å². The first kappa shape index (κ1) is 29.2. The number of carboxylic acids is 1. The molecule has 1 aromatic heterocycles. The molecule has 1 fully saturated rings. The summed E-state index contributed by atoms with van der Waals surface area (Å²) in [6.45, 7) is 4.26. The summed E-state index contributed by atoms with van der Waals surface area (Å²) in [6.07, 6.45) is -1.02. The lowest BCUT2D eigenvalue weighted by atomic mass is 10.1. The number of nitrogens with zero attached hydrogens (tertiary/aromatic N) is 6. The Morgan fingerprint density at radius 2 is 1.95 bits per heavy atom. The molecule has 1 unspecified atom stereocenters. The van der Waals surface area contributed by atoms with E-state index in [9.17, 15) is 19.6 Å². The summed E-state index contributed by atoms with van der Waals surface area (Å²) in [7, 11) is 1.93. The lowest BCUT2D eigenvalue weighted by Crippen LogP contribution is -2.37. The van der Waals surface area contributed by atoms with Crippen molar-refractivity contribution in [3.8, 4) is 5.75 Å². The minimum Gasteiger partial charge on any atom is -0.491 e. The number of carboxylic acid groups (broad SMARTS) is 1. The second-order valence-corrected chi connectivity index (χ2v) is 10.4. The number of aromatic carboxylic acids is 1. The van der Waals surface area contributed by atoms with Crippen LogP contribution in [0.4, 0.5) is 23.3 Å². The second-order valence-electron chi connectivity index (χ2n) is 10.4. The number of hydrazine groups is 1. The Kier molecular flexibility index (Phi) is 8.49. The number of hydrogen-bond acceptors (Lipinski definition) is 13. The highest BCUT2D eigenvalue weighted by atomic mass is 16.5. The van der Waals surface area contributed by atoms with E-state index < -0.39 is 18.0 Å². The fourth-order valence-corrected chi connectivity index (χ4v) is 5.41. The molecule has 2 aromatic carbocycles. The molecular formula is C29H32N8O7. The van der Waals surface area contributed by atoms with Crippen LogP contribution < -0.4 is 25.4 Å². The average molecular weight is 605 g/mol. The van der Waals surface area contributed by atoms with Crippen molar-refractivity contribution in [2.24, 2.45) is 5.18 Å². The Hall–Kier alpha value is -4.86. The summed E-state index contributed by atoms with van der Waals surface area (Å²) >= 11 is 0. The maximum Gasteiger partial charge on any atom is 0.335 e. The van der Waals surface area contributed by atoms with Gasteiger partial charge in [-0.3, -0.25) is 9.80 Å². The highest BCUT2D eigenvalue weighted by Gasteiger charge is 2.38. The van der Waals surface area contributed by atoms with E-state index >= 15 is 0 Å². The van der Waals surface area contributed by atoms with E-state index in [-0.39, 0.29) is 37.5 Å². The molecule has 0 radical (unpaired) electrons. The van der Waals surface area contributed by atoms with Crippen LogP contribution in [0, 0.1) is 4.91 Å². The van der Waals surface area contributed by atoms with Gasteiger partial charge in [-0.1, -0.05) is 12.1 Å². The van der Waals surface area contributed by atoms with Crippen LogP contribution >= 0.6 is 0 Å². The molecule has 3 aromatic rings. The number of nitroso groups, excluding NO2 is 1. The Morgan fingerprint density at radius 3 is 2.75 bits per heavy atom. The molecule has 230 valence electrons. The second kappa shape index (κ2) is 12.8. The van der Waals surface area contributed by atoms with Crippen molar-refractivity contribution in [3.05, 3.63) is 69.6 Å². The molecule has 0 bridgehead atoms. The summed E-state index contributed by atoms with van der Waals surface area (Å²) in [5, 5.41) is 17.5. The highest BCUT2D eigenvalue weighted by Crippen LogP contribution is 2.35. The van der Waals surface area contributed by atoms with Gasteiger partial charge in [0.2, 0.25) is 5.95 Å². The third-order valence-corrected chi connectivity index (χ3v) is 7.61. The molecule has 0 saturated carbocycles. The van der Waals surface area contributed by atoms with Crippen LogP contribution in [0.5, 0.6) is 5.75 Å². The number of hydrogen-bond donors (Lipinski definition) is 3. The first-order valence-electron chi connectivity index (χ1n) is 14.2. The molecule has 4 heterocycles. The van der Waals surface area contributed by atoms with E-state index in [0.717, 1.165) is 36.0 Å². The maximum atomic E-state index is 12.8. The van der Waals surface area contributed by atoms with Crippen LogP contribution in [0.25, 0.3) is 0 Å². The van der Waals surface area contributed by atoms with Crippen LogP contribution in [-0.4, -0.2) is 91.6 Å². The van der Waals surface area contributed by atoms with Crippen molar-refractivity contribution in [3.63, 3.8) is 0 Å². The minimum absolute atomic E-state index is 0.0290. The zero-order valence-electron chi connectivity index (χ0n) is 24.1. The number of rotatable bonds is 12. The lowest BCUT2D eigenvalue weighted by molar-refractivity contribution is 0.0542. The topological polar surface area (TPSA) is 171 Å². The number of carbonyl (C=O) groups excluding carboxylic acids is 1. The molecule has 1 atom stereocenters. The van der Waals surface area contributed by atoms with Gasteiger partial charge in [0.05, 0.1) is 37.6 Å². The van der Waals surface area contributed by atoms with E-state index in [2.05, 4.69) is 20.8 Å². The maximum absolute atomic E-state index is 12.8. The summed E-state index contributed by atoms with van der Waals surface area (Å²) < 4.78 is 17.0. The Labute approximate surface area is 252 Å². The zero-order chi connectivity index (χ0) is 30.6. The highest BCUT2D eigenvalue weighted by molar-refractivity contribution is 6.01. The van der Waals surface area contributed by atoms with Gasteiger partial charge in [0.15, 0.2) is 12.0 Å². The third-order valence-electron chi connectivity index (χ3n) is 7.61. The summed E-state index contributed by atoms with van der Waals surface area (Å²) in [6, 6.07) is 11.5. The molecule has 15 heteroatoms. The van der Waals surface area contributed by atoms with Gasteiger partial charge < -0.3 is 34.4 Å². The lowest BCUT2D eigenvalue weighted by Gasteiger charge is -2.29. The van der Waals surface area contributed by atoms with Gasteiger partial charge in [0.1, 0.15) is 18.2 Å². The van der Waals surface area contributed by atoms with Crippen molar-refractivity contribution < 1.29 is 28.9 Å². The molecule has 44 heavy (non-hydrogen) atoms. The number of anilines is 4. The third kappa shape index (κ3) is 5.97. The molecule has 0 aliphatic carbocycles. The van der Waals surface area contributed by atoms with Gasteiger partial charge in [-0.05, 0) is 29.4 Å². The molecule has 1 saturated heterocycles. The average Bonchev–Trinajstić information content (AvgIpc) is 3.54. The normalized spacial score (nSPS) is 17.4. The molecular weight excluding hydrogens is 572 g/mol. The van der Waals surface area contributed by atoms with Gasteiger partial charge in [-0.25, -0.2) is 10.2 Å². The number of carbonyl (C=O) groups is 2. The Morgan fingerprint density at radius 1 is 1.14 bits per heavy atom. The van der Waals surface area contributed by atoms with Crippen LogP contribution in [0.15, 0.2) is 47.6 Å². The van der Waals surface area contributed by atoms with Gasteiger partial charge in [0.25, 0.3) is 5.91 Å². The number of ether oxygens (including phenoxy) is 3. The first-order valence-corrected chi connectivity index (χ1v) is 14.2. The number of benzene rings is 2.